The summed E-state index contributed by atoms with van der Waals surface area (Å²) in [6.07, 6.45) is -1.74. The van der Waals surface area contributed by atoms with Crippen molar-refractivity contribution in [2.24, 2.45) is 4.99 Å². The predicted octanol–water partition coefficient (Wildman–Crippen LogP) is 3.29. The van der Waals surface area contributed by atoms with Crippen molar-refractivity contribution in [1.29, 1.82) is 0 Å². The van der Waals surface area contributed by atoms with Gasteiger partial charge < -0.3 is 23.8 Å². The van der Waals surface area contributed by atoms with Crippen LogP contribution in [0.1, 0.15) is 57.5 Å². The van der Waals surface area contributed by atoms with Gasteiger partial charge in [-0.15, -0.1) is 4.99 Å². The number of ether oxygens (including phenoxy) is 4. The Morgan fingerprint density at radius 1 is 0.846 bits per heavy atom. The average molecular weight is 549 g/mol. The van der Waals surface area contributed by atoms with Gasteiger partial charge in [0.05, 0.1) is 19.8 Å². The minimum absolute atomic E-state index is 0.0500. The lowest BCUT2D eigenvalue weighted by Crippen LogP contribution is -2.56. The lowest BCUT2D eigenvalue weighted by Gasteiger charge is -2.39. The van der Waals surface area contributed by atoms with Crippen LogP contribution in [0.2, 0.25) is 0 Å². The molecule has 1 heterocycles. The first-order valence-electron chi connectivity index (χ1n) is 12.7. The van der Waals surface area contributed by atoms with Crippen molar-refractivity contribution in [2.45, 2.75) is 59.3 Å². The second-order valence-corrected chi connectivity index (χ2v) is 11.0. The first-order chi connectivity index (χ1) is 18.1. The number of hydrogen-bond donors (Lipinski definition) is 0. The van der Waals surface area contributed by atoms with E-state index in [2.05, 4.69) is 9.89 Å². The van der Waals surface area contributed by atoms with E-state index < -0.39 is 41.9 Å². The van der Waals surface area contributed by atoms with Crippen molar-refractivity contribution in [3.05, 3.63) is 35.4 Å². The molecule has 0 spiro atoms. The van der Waals surface area contributed by atoms with Crippen LogP contribution in [0.3, 0.4) is 0 Å². The molecular weight excluding hydrogens is 508 g/mol. The van der Waals surface area contributed by atoms with E-state index in [1.165, 1.54) is 14.2 Å². The van der Waals surface area contributed by atoms with E-state index in [0.717, 1.165) is 10.5 Å². The Morgan fingerprint density at radius 2 is 1.41 bits per heavy atom. The smallest absolute Gasteiger partial charge is 0.437 e. The third-order valence-corrected chi connectivity index (χ3v) is 5.39. The fraction of sp³-hybridized carbons (Fsp3) is 0.593. The summed E-state index contributed by atoms with van der Waals surface area (Å²) in [5.41, 5.74) is -0.181. The Balaban J connectivity index is 2.27. The molecule has 0 saturated carbocycles. The van der Waals surface area contributed by atoms with E-state index in [1.807, 2.05) is 12.1 Å². The van der Waals surface area contributed by atoms with Gasteiger partial charge in [0, 0.05) is 32.7 Å². The number of esters is 2. The van der Waals surface area contributed by atoms with Crippen LogP contribution in [0, 0.1) is 0 Å². The molecule has 0 bridgehead atoms. The molecule has 1 aliphatic heterocycles. The Bertz CT molecular complexity index is 1050. The molecule has 0 radical (unpaired) electrons. The second kappa shape index (κ2) is 13.4. The van der Waals surface area contributed by atoms with Gasteiger partial charge in [0.1, 0.15) is 17.7 Å². The molecule has 0 N–H and O–H groups in total. The van der Waals surface area contributed by atoms with E-state index in [1.54, 1.807) is 58.6 Å². The van der Waals surface area contributed by atoms with Crippen LogP contribution in [0.4, 0.5) is 9.59 Å². The number of amides is 2. The number of piperazine rings is 1. The average Bonchev–Trinajstić information content (AvgIpc) is 2.84. The van der Waals surface area contributed by atoms with E-state index >= 15 is 0 Å². The minimum Gasteiger partial charge on any atom is -0.468 e. The number of aliphatic imine (C=N–C) groups is 1. The summed E-state index contributed by atoms with van der Waals surface area (Å²) < 4.78 is 20.4. The Labute approximate surface area is 229 Å². The fourth-order valence-electron chi connectivity index (χ4n) is 3.62. The largest absolute Gasteiger partial charge is 0.468 e. The highest BCUT2D eigenvalue weighted by molar-refractivity contribution is 6.01. The number of carbonyl (C=O) groups is 4. The van der Waals surface area contributed by atoms with Crippen molar-refractivity contribution in [3.8, 4) is 0 Å². The molecule has 1 saturated heterocycles. The van der Waals surface area contributed by atoms with Crippen LogP contribution in [-0.2, 0) is 30.3 Å². The summed E-state index contributed by atoms with van der Waals surface area (Å²) in [5, 5.41) is 0. The van der Waals surface area contributed by atoms with Crippen LogP contribution in [0.15, 0.2) is 29.3 Å². The summed E-state index contributed by atoms with van der Waals surface area (Å²) in [6, 6.07) is 7.17. The van der Waals surface area contributed by atoms with Crippen LogP contribution in [-0.4, -0.2) is 103 Å². The van der Waals surface area contributed by atoms with Crippen LogP contribution in [0.5, 0.6) is 0 Å². The highest BCUT2D eigenvalue weighted by atomic mass is 16.6. The van der Waals surface area contributed by atoms with Crippen molar-refractivity contribution < 1.29 is 38.1 Å². The van der Waals surface area contributed by atoms with E-state index in [4.69, 9.17) is 18.9 Å². The van der Waals surface area contributed by atoms with E-state index in [9.17, 15) is 19.2 Å². The molecule has 1 aliphatic rings. The van der Waals surface area contributed by atoms with Gasteiger partial charge in [0.2, 0.25) is 5.96 Å². The fourth-order valence-corrected chi connectivity index (χ4v) is 3.62. The molecule has 1 fully saturated rings. The molecule has 0 aromatic heterocycles. The van der Waals surface area contributed by atoms with Crippen molar-refractivity contribution in [1.82, 2.24) is 14.7 Å². The first kappa shape index (κ1) is 31.5. The normalized spacial score (nSPS) is 14.9. The van der Waals surface area contributed by atoms with Gasteiger partial charge in [-0.2, -0.15) is 0 Å². The molecule has 0 aliphatic carbocycles. The van der Waals surface area contributed by atoms with E-state index in [-0.39, 0.29) is 5.96 Å². The van der Waals surface area contributed by atoms with Gasteiger partial charge in [-0.05, 0) is 59.2 Å². The highest BCUT2D eigenvalue weighted by Gasteiger charge is 2.34. The Kier molecular flexibility index (Phi) is 10.8. The molecule has 0 atom stereocenters. The predicted molar refractivity (Wildman–Crippen MR) is 143 cm³/mol. The standard InChI is InChI=1S/C27H40N4O8/c1-26(2,3)38-24(34)28-23(31(18-21(32)36-7)25(35)39-27(4,5)6)30-15-13-29(14-16-30)17-19-9-11-20(12-10-19)22(33)37-8/h9-12H,13-18H2,1-8H3/b28-23+. The Hall–Kier alpha value is -3.67. The van der Waals surface area contributed by atoms with Gasteiger partial charge in [-0.1, -0.05) is 12.1 Å². The summed E-state index contributed by atoms with van der Waals surface area (Å²) in [6.45, 7) is 12.3. The highest BCUT2D eigenvalue weighted by Crippen LogP contribution is 2.17. The molecule has 12 nitrogen and oxygen atoms in total. The number of guanidine groups is 1. The molecule has 39 heavy (non-hydrogen) atoms. The molecule has 12 heteroatoms. The van der Waals surface area contributed by atoms with Gasteiger partial charge in [0.25, 0.3) is 0 Å². The summed E-state index contributed by atoms with van der Waals surface area (Å²) in [4.78, 5) is 58.8. The zero-order chi connectivity index (χ0) is 29.4. The number of nitrogens with zero attached hydrogens (tertiary/aromatic N) is 4. The summed E-state index contributed by atoms with van der Waals surface area (Å²) >= 11 is 0. The van der Waals surface area contributed by atoms with Gasteiger partial charge in [-0.25, -0.2) is 19.3 Å². The summed E-state index contributed by atoms with van der Waals surface area (Å²) in [7, 11) is 2.54. The third-order valence-electron chi connectivity index (χ3n) is 5.39. The molecule has 2 rings (SSSR count). The van der Waals surface area contributed by atoms with E-state index in [0.29, 0.717) is 38.3 Å². The maximum atomic E-state index is 13.2. The number of carbonyl (C=O) groups excluding carboxylic acids is 4. The molecule has 1 aromatic carbocycles. The zero-order valence-corrected chi connectivity index (χ0v) is 24.1. The molecule has 0 unspecified atom stereocenters. The van der Waals surface area contributed by atoms with Crippen molar-refractivity contribution >= 4 is 30.1 Å². The minimum atomic E-state index is -0.899. The van der Waals surface area contributed by atoms with Gasteiger partial charge in [-0.3, -0.25) is 9.69 Å². The lowest BCUT2D eigenvalue weighted by molar-refractivity contribution is -0.141. The molecule has 216 valence electrons. The van der Waals surface area contributed by atoms with Crippen molar-refractivity contribution in [2.75, 3.05) is 46.9 Å². The lowest BCUT2D eigenvalue weighted by atomic mass is 10.1. The van der Waals surface area contributed by atoms with Gasteiger partial charge >= 0.3 is 24.1 Å². The molecule has 1 aromatic rings. The SMILES string of the molecule is COC(=O)CN(C(=O)OC(C)(C)C)/C(=N/C(=O)OC(C)(C)C)N1CCN(Cc2ccc(C(=O)OC)cc2)CC1. The van der Waals surface area contributed by atoms with Crippen molar-refractivity contribution in [3.63, 3.8) is 0 Å². The Morgan fingerprint density at radius 3 is 1.90 bits per heavy atom. The second-order valence-electron chi connectivity index (χ2n) is 11.0. The number of benzene rings is 1. The van der Waals surface area contributed by atoms with Gasteiger partial charge in [0.15, 0.2) is 0 Å². The first-order valence-corrected chi connectivity index (χ1v) is 12.7. The maximum absolute atomic E-state index is 13.2. The third kappa shape index (κ3) is 10.5. The van der Waals surface area contributed by atoms with Crippen LogP contribution < -0.4 is 0 Å². The topological polar surface area (TPSA) is 127 Å². The number of hydrogen-bond acceptors (Lipinski definition) is 9. The summed E-state index contributed by atoms with van der Waals surface area (Å²) in [5.74, 6) is -1.15. The quantitative estimate of drug-likeness (QED) is 0.234. The van der Waals surface area contributed by atoms with Crippen LogP contribution in [0.25, 0.3) is 0 Å². The zero-order valence-electron chi connectivity index (χ0n) is 24.1. The van der Waals surface area contributed by atoms with Crippen LogP contribution >= 0.6 is 0 Å². The molecule has 2 amide bonds. The monoisotopic (exact) mass is 548 g/mol. The number of methoxy groups -OCH3 is 2. The number of rotatable bonds is 5. The maximum Gasteiger partial charge on any atom is 0.437 e. The molecular formula is C27H40N4O8.